The summed E-state index contributed by atoms with van der Waals surface area (Å²) in [5, 5.41) is 0. The lowest BCUT2D eigenvalue weighted by Gasteiger charge is -2.12. The van der Waals surface area contributed by atoms with E-state index in [1.807, 2.05) is 18.2 Å². The van der Waals surface area contributed by atoms with Crippen LogP contribution >= 0.6 is 47.8 Å². The zero-order valence-corrected chi connectivity index (χ0v) is 14.9. The van der Waals surface area contributed by atoms with Gasteiger partial charge in [-0.3, -0.25) is 0 Å². The maximum atomic E-state index is 5.10. The number of methoxy groups -OCH3 is 1. The van der Waals surface area contributed by atoms with E-state index in [1.54, 1.807) is 7.11 Å². The number of nitrogens with zero attached hydrogens (tertiary/aromatic N) is 2. The van der Waals surface area contributed by atoms with E-state index in [0.717, 1.165) is 21.1 Å². The fourth-order valence-corrected chi connectivity index (χ4v) is 4.01. The molecule has 0 N–H and O–H groups in total. The predicted octanol–water partition coefficient (Wildman–Crippen LogP) is 4.69. The van der Waals surface area contributed by atoms with Crippen molar-refractivity contribution < 1.29 is 4.74 Å². The van der Waals surface area contributed by atoms with E-state index in [0.29, 0.717) is 5.88 Å². The Morgan fingerprint density at radius 3 is 2.68 bits per heavy atom. The third-order valence-electron chi connectivity index (χ3n) is 2.60. The molecule has 1 heterocycles. The first-order valence-electron chi connectivity index (χ1n) is 5.54. The summed E-state index contributed by atoms with van der Waals surface area (Å²) in [5.74, 6) is 0.583. The highest BCUT2D eigenvalue weighted by atomic mass is 79.9. The second kappa shape index (κ2) is 6.81. The third kappa shape index (κ3) is 4.00. The van der Waals surface area contributed by atoms with Gasteiger partial charge in [-0.1, -0.05) is 53.9 Å². The molecule has 1 aromatic heterocycles. The van der Waals surface area contributed by atoms with E-state index >= 15 is 0 Å². The molecule has 0 aliphatic carbocycles. The molecule has 0 fully saturated rings. The fraction of sp³-hybridized carbons (Fsp3) is 0.231. The summed E-state index contributed by atoms with van der Waals surface area (Å²) in [7, 11) is 1.60. The van der Waals surface area contributed by atoms with Gasteiger partial charge in [-0.25, -0.2) is 9.97 Å². The van der Waals surface area contributed by atoms with Crippen molar-refractivity contribution in [2.45, 2.75) is 11.2 Å². The Hall–Kier alpha value is -0.460. The standard InChI is InChI=1S/C13H11Br3N2O/c1-19-13-6-9(17-7-18-13)5-12(16)10-3-2-8(14)4-11(10)15/h2-4,6-7,12H,5H2,1H3. The number of aromatic nitrogens is 2. The van der Waals surface area contributed by atoms with Crippen molar-refractivity contribution in [3.05, 3.63) is 50.8 Å². The first-order valence-corrected chi connectivity index (χ1v) is 8.04. The Morgan fingerprint density at radius 1 is 1.21 bits per heavy atom. The summed E-state index contributed by atoms with van der Waals surface area (Å²) in [5.41, 5.74) is 2.12. The lowest BCUT2D eigenvalue weighted by Crippen LogP contribution is -2.00. The van der Waals surface area contributed by atoms with Gasteiger partial charge in [0.25, 0.3) is 0 Å². The van der Waals surface area contributed by atoms with E-state index in [1.165, 1.54) is 11.9 Å². The predicted molar refractivity (Wildman–Crippen MR) is 85.8 cm³/mol. The van der Waals surface area contributed by atoms with Crippen molar-refractivity contribution in [1.82, 2.24) is 9.97 Å². The Balaban J connectivity index is 2.17. The normalized spacial score (nSPS) is 12.2. The molecule has 2 aromatic rings. The second-order valence-electron chi connectivity index (χ2n) is 3.89. The summed E-state index contributed by atoms with van der Waals surface area (Å²) in [6.45, 7) is 0. The van der Waals surface area contributed by atoms with Gasteiger partial charge in [-0.15, -0.1) is 0 Å². The molecule has 0 radical (unpaired) electrons. The van der Waals surface area contributed by atoms with E-state index in [4.69, 9.17) is 4.74 Å². The largest absolute Gasteiger partial charge is 0.481 e. The molecule has 0 saturated carbocycles. The summed E-state index contributed by atoms with van der Waals surface area (Å²) in [6, 6.07) is 7.98. The number of halogens is 3. The summed E-state index contributed by atoms with van der Waals surface area (Å²) in [4.78, 5) is 8.43. The highest BCUT2D eigenvalue weighted by molar-refractivity contribution is 9.11. The lowest BCUT2D eigenvalue weighted by atomic mass is 10.1. The Bertz CT molecular complexity index is 578. The Labute approximate surface area is 137 Å². The molecule has 0 spiro atoms. The average molecular weight is 451 g/mol. The molecule has 1 aromatic carbocycles. The van der Waals surface area contributed by atoms with Crippen LogP contribution in [0, 0.1) is 0 Å². The van der Waals surface area contributed by atoms with Crippen LogP contribution in [-0.2, 0) is 6.42 Å². The minimum atomic E-state index is 0.176. The number of ether oxygens (including phenoxy) is 1. The quantitative estimate of drug-likeness (QED) is 0.634. The lowest BCUT2D eigenvalue weighted by molar-refractivity contribution is 0.396. The van der Waals surface area contributed by atoms with Crippen molar-refractivity contribution in [1.29, 1.82) is 0 Å². The van der Waals surface area contributed by atoms with Crippen molar-refractivity contribution in [2.24, 2.45) is 0 Å². The molecule has 0 aliphatic heterocycles. The number of rotatable bonds is 4. The first-order chi connectivity index (χ1) is 9.10. The van der Waals surface area contributed by atoms with Crippen molar-refractivity contribution in [3.8, 4) is 5.88 Å². The van der Waals surface area contributed by atoms with Gasteiger partial charge in [-0.2, -0.15) is 0 Å². The highest BCUT2D eigenvalue weighted by Gasteiger charge is 2.13. The Morgan fingerprint density at radius 2 is 2.00 bits per heavy atom. The molecule has 2 rings (SSSR count). The van der Waals surface area contributed by atoms with E-state index in [2.05, 4.69) is 63.8 Å². The van der Waals surface area contributed by atoms with E-state index < -0.39 is 0 Å². The minimum absolute atomic E-state index is 0.176. The van der Waals surface area contributed by atoms with Crippen LogP contribution in [0.1, 0.15) is 16.1 Å². The summed E-state index contributed by atoms with van der Waals surface area (Å²) >= 11 is 10.7. The molecule has 19 heavy (non-hydrogen) atoms. The van der Waals surface area contributed by atoms with Crippen molar-refractivity contribution >= 4 is 47.8 Å². The van der Waals surface area contributed by atoms with Crippen molar-refractivity contribution in [3.63, 3.8) is 0 Å². The van der Waals surface area contributed by atoms with Crippen LogP contribution in [0.25, 0.3) is 0 Å². The number of alkyl halides is 1. The number of benzene rings is 1. The summed E-state index contributed by atoms with van der Waals surface area (Å²) < 4.78 is 7.21. The van der Waals surface area contributed by atoms with Gasteiger partial charge < -0.3 is 4.74 Å². The third-order valence-corrected chi connectivity index (χ3v) is 4.59. The number of hydrogen-bond acceptors (Lipinski definition) is 3. The zero-order chi connectivity index (χ0) is 13.8. The maximum Gasteiger partial charge on any atom is 0.216 e. The molecule has 0 amide bonds. The molecule has 1 atom stereocenters. The monoisotopic (exact) mass is 448 g/mol. The van der Waals surface area contributed by atoms with Crippen LogP contribution in [0.15, 0.2) is 39.5 Å². The molecular weight excluding hydrogens is 440 g/mol. The average Bonchev–Trinajstić information content (AvgIpc) is 2.38. The van der Waals surface area contributed by atoms with Crippen LogP contribution in [0.2, 0.25) is 0 Å². The molecule has 0 saturated heterocycles. The SMILES string of the molecule is COc1cc(CC(Br)c2ccc(Br)cc2Br)ncn1. The van der Waals surface area contributed by atoms with Gasteiger partial charge in [0.15, 0.2) is 0 Å². The van der Waals surface area contributed by atoms with Crippen LogP contribution in [0.5, 0.6) is 5.88 Å². The number of hydrogen-bond donors (Lipinski definition) is 0. The van der Waals surface area contributed by atoms with Gasteiger partial charge in [0.05, 0.1) is 7.11 Å². The van der Waals surface area contributed by atoms with Gasteiger partial charge in [0, 0.05) is 32.0 Å². The van der Waals surface area contributed by atoms with Gasteiger partial charge in [0.1, 0.15) is 6.33 Å². The van der Waals surface area contributed by atoms with Crippen LogP contribution in [0.3, 0.4) is 0 Å². The van der Waals surface area contributed by atoms with Crippen LogP contribution in [0.4, 0.5) is 0 Å². The highest BCUT2D eigenvalue weighted by Crippen LogP contribution is 2.34. The molecule has 0 aliphatic rings. The van der Waals surface area contributed by atoms with Gasteiger partial charge in [0.2, 0.25) is 5.88 Å². The maximum absolute atomic E-state index is 5.10. The molecular formula is C13H11Br3N2O. The second-order valence-corrected chi connectivity index (χ2v) is 6.76. The smallest absolute Gasteiger partial charge is 0.216 e. The molecule has 0 bridgehead atoms. The molecule has 3 nitrogen and oxygen atoms in total. The zero-order valence-electron chi connectivity index (χ0n) is 10.1. The van der Waals surface area contributed by atoms with Gasteiger partial charge >= 0.3 is 0 Å². The van der Waals surface area contributed by atoms with E-state index in [9.17, 15) is 0 Å². The van der Waals surface area contributed by atoms with Crippen LogP contribution < -0.4 is 4.74 Å². The first kappa shape index (κ1) is 14.9. The van der Waals surface area contributed by atoms with E-state index in [-0.39, 0.29) is 4.83 Å². The molecule has 1 unspecified atom stereocenters. The van der Waals surface area contributed by atoms with Crippen molar-refractivity contribution in [2.75, 3.05) is 7.11 Å². The summed E-state index contributed by atoms with van der Waals surface area (Å²) in [6.07, 6.45) is 2.28. The molecule has 100 valence electrons. The topological polar surface area (TPSA) is 35.0 Å². The Kier molecular flexibility index (Phi) is 5.36. The van der Waals surface area contributed by atoms with Crippen LogP contribution in [-0.4, -0.2) is 17.1 Å². The van der Waals surface area contributed by atoms with Gasteiger partial charge in [-0.05, 0) is 17.7 Å². The fourth-order valence-electron chi connectivity index (χ4n) is 1.65. The molecule has 6 heteroatoms. The minimum Gasteiger partial charge on any atom is -0.481 e.